The van der Waals surface area contributed by atoms with Gasteiger partial charge in [-0.3, -0.25) is 0 Å². The van der Waals surface area contributed by atoms with Crippen molar-refractivity contribution in [3.05, 3.63) is 224 Å². The van der Waals surface area contributed by atoms with Gasteiger partial charge in [-0.2, -0.15) is 0 Å². The molecule has 0 aliphatic carbocycles. The van der Waals surface area contributed by atoms with E-state index in [1.807, 2.05) is 30.3 Å². The standard InChI is InChI=1S/C61H37N3O/c1-3-13-39(14-4-1)61-62-55-32-31-51-54-37-42(27-34-58(54)64(59(51)60(55)65-61)43-15-5-2-6-16-43)41-26-33-57-53(36-41)50-21-11-12-22-56(50)63(57)44-28-23-38(24-29-44)40-25-30-49-47-19-8-7-17-45(47)46-18-9-10-20-48(46)52(49)35-40/h1-37H. The smallest absolute Gasteiger partial charge is 0.227 e. The summed E-state index contributed by atoms with van der Waals surface area (Å²) in [6.07, 6.45) is 0. The van der Waals surface area contributed by atoms with Gasteiger partial charge in [-0.05, 0) is 140 Å². The number of oxazole rings is 1. The minimum atomic E-state index is 0.620. The number of fused-ring (bicyclic) bond motifs is 14. The molecule has 0 aliphatic rings. The van der Waals surface area contributed by atoms with E-state index in [9.17, 15) is 0 Å². The second-order valence-corrected chi connectivity index (χ2v) is 17.1. The Morgan fingerprint density at radius 1 is 0.292 bits per heavy atom. The van der Waals surface area contributed by atoms with Gasteiger partial charge in [-0.15, -0.1) is 0 Å². The quantitative estimate of drug-likeness (QED) is 0.162. The molecule has 11 aromatic carbocycles. The van der Waals surface area contributed by atoms with Crippen molar-refractivity contribution < 1.29 is 4.42 Å². The fourth-order valence-corrected chi connectivity index (χ4v) is 10.5. The Balaban J connectivity index is 0.883. The molecule has 0 fully saturated rings. The fourth-order valence-electron chi connectivity index (χ4n) is 10.5. The summed E-state index contributed by atoms with van der Waals surface area (Å²) in [7, 11) is 0. The van der Waals surface area contributed by atoms with Crippen LogP contribution in [0.2, 0.25) is 0 Å². The van der Waals surface area contributed by atoms with Gasteiger partial charge in [-0.1, -0.05) is 140 Å². The zero-order valence-electron chi connectivity index (χ0n) is 35.1. The number of para-hydroxylation sites is 2. The Kier molecular flexibility index (Phi) is 7.65. The summed E-state index contributed by atoms with van der Waals surface area (Å²) in [4.78, 5) is 4.94. The van der Waals surface area contributed by atoms with Gasteiger partial charge < -0.3 is 13.6 Å². The van der Waals surface area contributed by atoms with Gasteiger partial charge in [0.15, 0.2) is 5.58 Å². The molecular formula is C61H37N3O. The molecular weight excluding hydrogens is 791 g/mol. The van der Waals surface area contributed by atoms with Crippen LogP contribution in [0, 0.1) is 0 Å². The lowest BCUT2D eigenvalue weighted by Gasteiger charge is -2.13. The van der Waals surface area contributed by atoms with Crippen molar-refractivity contribution in [2.24, 2.45) is 0 Å². The average molecular weight is 828 g/mol. The Hall–Kier alpha value is -8.73. The second-order valence-electron chi connectivity index (χ2n) is 17.1. The Morgan fingerprint density at radius 2 is 0.754 bits per heavy atom. The van der Waals surface area contributed by atoms with Gasteiger partial charge in [0.1, 0.15) is 5.52 Å². The summed E-state index contributed by atoms with van der Waals surface area (Å²) in [5.74, 6) is 0.620. The highest BCUT2D eigenvalue weighted by molar-refractivity contribution is 6.26. The maximum absolute atomic E-state index is 6.64. The minimum Gasteiger partial charge on any atom is -0.434 e. The first-order valence-corrected chi connectivity index (χ1v) is 22.2. The number of benzene rings is 11. The molecule has 0 unspecified atom stereocenters. The van der Waals surface area contributed by atoms with E-state index >= 15 is 0 Å². The maximum atomic E-state index is 6.64. The number of hydrogen-bond acceptors (Lipinski definition) is 2. The third-order valence-corrected chi connectivity index (χ3v) is 13.5. The van der Waals surface area contributed by atoms with E-state index in [1.54, 1.807) is 0 Å². The van der Waals surface area contributed by atoms with Gasteiger partial charge in [0, 0.05) is 38.5 Å². The van der Waals surface area contributed by atoms with E-state index in [2.05, 4.69) is 203 Å². The van der Waals surface area contributed by atoms with E-state index in [4.69, 9.17) is 9.40 Å². The summed E-state index contributed by atoms with van der Waals surface area (Å²) in [6, 6.07) is 81.1. The highest BCUT2D eigenvalue weighted by Gasteiger charge is 2.21. The lowest BCUT2D eigenvalue weighted by Crippen LogP contribution is -1.94. The first-order valence-electron chi connectivity index (χ1n) is 22.2. The Labute approximate surface area is 373 Å². The summed E-state index contributed by atoms with van der Waals surface area (Å²) in [6.45, 7) is 0. The molecule has 0 saturated heterocycles. The van der Waals surface area contributed by atoms with Crippen molar-refractivity contribution in [1.29, 1.82) is 0 Å². The average Bonchev–Trinajstić information content (AvgIpc) is 4.07. The van der Waals surface area contributed by atoms with Crippen LogP contribution in [-0.2, 0) is 0 Å². The van der Waals surface area contributed by atoms with E-state index in [0.29, 0.717) is 5.89 Å². The van der Waals surface area contributed by atoms with Crippen LogP contribution < -0.4 is 0 Å². The summed E-state index contributed by atoms with van der Waals surface area (Å²) in [5.41, 5.74) is 14.0. The van der Waals surface area contributed by atoms with E-state index in [-0.39, 0.29) is 0 Å². The molecule has 65 heavy (non-hydrogen) atoms. The summed E-state index contributed by atoms with van der Waals surface area (Å²) < 4.78 is 11.4. The maximum Gasteiger partial charge on any atom is 0.227 e. The summed E-state index contributed by atoms with van der Waals surface area (Å²) >= 11 is 0. The zero-order valence-corrected chi connectivity index (χ0v) is 35.1. The predicted octanol–water partition coefficient (Wildman–Crippen LogP) is 16.5. The van der Waals surface area contributed by atoms with Crippen molar-refractivity contribution in [2.45, 2.75) is 0 Å². The first kappa shape index (κ1) is 35.8. The van der Waals surface area contributed by atoms with Crippen molar-refractivity contribution in [1.82, 2.24) is 14.1 Å². The zero-order chi connectivity index (χ0) is 42.6. The van der Waals surface area contributed by atoms with Gasteiger partial charge in [0.2, 0.25) is 5.89 Å². The van der Waals surface area contributed by atoms with Crippen LogP contribution in [-0.4, -0.2) is 14.1 Å². The van der Waals surface area contributed by atoms with Crippen LogP contribution in [0.15, 0.2) is 229 Å². The van der Waals surface area contributed by atoms with Crippen LogP contribution in [0.3, 0.4) is 0 Å². The number of hydrogen-bond donors (Lipinski definition) is 0. The van der Waals surface area contributed by atoms with Crippen LogP contribution >= 0.6 is 0 Å². The molecule has 0 amide bonds. The van der Waals surface area contributed by atoms with Gasteiger partial charge in [-0.25, -0.2) is 4.98 Å². The highest BCUT2D eigenvalue weighted by atomic mass is 16.3. The molecule has 0 atom stereocenters. The Morgan fingerprint density at radius 3 is 1.45 bits per heavy atom. The largest absolute Gasteiger partial charge is 0.434 e. The van der Waals surface area contributed by atoms with E-state index < -0.39 is 0 Å². The first-order chi connectivity index (χ1) is 32.2. The van der Waals surface area contributed by atoms with Crippen LogP contribution in [0.5, 0.6) is 0 Å². The van der Waals surface area contributed by atoms with Crippen molar-refractivity contribution in [2.75, 3.05) is 0 Å². The lowest BCUT2D eigenvalue weighted by molar-refractivity contribution is 0.622. The molecule has 3 heterocycles. The predicted molar refractivity (Wildman–Crippen MR) is 272 cm³/mol. The van der Waals surface area contributed by atoms with Crippen molar-refractivity contribution in [3.63, 3.8) is 0 Å². The molecule has 4 nitrogen and oxygen atoms in total. The van der Waals surface area contributed by atoms with Crippen molar-refractivity contribution >= 4 is 87.0 Å². The van der Waals surface area contributed by atoms with Gasteiger partial charge >= 0.3 is 0 Å². The number of nitrogens with zero attached hydrogens (tertiary/aromatic N) is 3. The normalized spacial score (nSPS) is 12.0. The van der Waals surface area contributed by atoms with E-state index in [1.165, 1.54) is 70.8 Å². The minimum absolute atomic E-state index is 0.620. The lowest BCUT2D eigenvalue weighted by atomic mass is 9.92. The Bertz CT molecular complexity index is 4180. The number of aromatic nitrogens is 3. The molecule has 0 spiro atoms. The summed E-state index contributed by atoms with van der Waals surface area (Å²) in [5, 5.41) is 12.5. The molecule has 0 N–H and O–H groups in total. The molecule has 4 heteroatoms. The van der Waals surface area contributed by atoms with E-state index in [0.717, 1.165) is 55.4 Å². The fraction of sp³-hybridized carbons (Fsp3) is 0. The molecule has 302 valence electrons. The molecule has 14 aromatic rings. The van der Waals surface area contributed by atoms with Crippen molar-refractivity contribution in [3.8, 4) is 45.1 Å². The third-order valence-electron chi connectivity index (χ3n) is 13.5. The van der Waals surface area contributed by atoms with Crippen LogP contribution in [0.1, 0.15) is 0 Å². The molecule has 0 bridgehead atoms. The molecule has 14 rings (SSSR count). The monoisotopic (exact) mass is 827 g/mol. The molecule has 0 saturated carbocycles. The highest BCUT2D eigenvalue weighted by Crippen LogP contribution is 2.42. The molecule has 0 aliphatic heterocycles. The topological polar surface area (TPSA) is 35.9 Å². The van der Waals surface area contributed by atoms with Gasteiger partial charge in [0.25, 0.3) is 0 Å². The van der Waals surface area contributed by atoms with Gasteiger partial charge in [0.05, 0.1) is 22.1 Å². The number of rotatable bonds is 5. The molecule has 0 radical (unpaired) electrons. The second kappa shape index (κ2) is 13.9. The van der Waals surface area contributed by atoms with Crippen LogP contribution in [0.25, 0.3) is 132 Å². The third kappa shape index (κ3) is 5.41. The SMILES string of the molecule is c1ccc(-c2nc3ccc4c5cc(-c6ccc7c(c6)c6ccccc6n7-c6ccc(-c7ccc8c9ccccc9c9ccccc9c8c7)cc6)ccc5n(-c5ccccc5)c4c3o2)cc1. The van der Waals surface area contributed by atoms with Crippen LogP contribution in [0.4, 0.5) is 0 Å². The molecule has 3 aromatic heterocycles.